The van der Waals surface area contributed by atoms with Crippen molar-refractivity contribution in [1.29, 1.82) is 0 Å². The van der Waals surface area contributed by atoms with Crippen LogP contribution in [0.3, 0.4) is 0 Å². The summed E-state index contributed by atoms with van der Waals surface area (Å²) in [6.45, 7) is 4.01. The zero-order valence-corrected chi connectivity index (χ0v) is 11.5. The number of β-amino-alcohol motifs (C(OH)–C–C–N with tert-alkyl or cyclic N) is 1. The van der Waals surface area contributed by atoms with Crippen LogP contribution in [0.1, 0.15) is 26.2 Å². The fraction of sp³-hybridized carbons (Fsp3) is 0.750. The molecule has 1 aliphatic rings. The summed E-state index contributed by atoms with van der Waals surface area (Å²) in [4.78, 5) is 14.8. The standard InChI is InChI=1S/C12H21N5O2/c1-3-7-19-12-15-10(13-2)14-11(16-12)17-6-4-5-9(18)8-17/h9,18H,3-8H2,1-2H3,(H,13,14,15,16). The predicted octanol–water partition coefficient (Wildman–Crippen LogP) is 0.663. The molecule has 2 rings (SSSR count). The summed E-state index contributed by atoms with van der Waals surface area (Å²) in [5, 5.41) is 12.6. The highest BCUT2D eigenvalue weighted by atomic mass is 16.5. The molecule has 2 heterocycles. The first-order valence-corrected chi connectivity index (χ1v) is 6.72. The normalized spacial score (nSPS) is 19.3. The van der Waals surface area contributed by atoms with E-state index < -0.39 is 0 Å². The Morgan fingerprint density at radius 1 is 1.42 bits per heavy atom. The number of hydrogen-bond donors (Lipinski definition) is 2. The Kier molecular flexibility index (Phi) is 4.73. The van der Waals surface area contributed by atoms with E-state index in [-0.39, 0.29) is 6.10 Å². The largest absolute Gasteiger partial charge is 0.463 e. The number of aliphatic hydroxyl groups excluding tert-OH is 1. The van der Waals surface area contributed by atoms with Gasteiger partial charge >= 0.3 is 6.01 Å². The fourth-order valence-electron chi connectivity index (χ4n) is 1.99. The van der Waals surface area contributed by atoms with E-state index in [0.717, 1.165) is 25.8 Å². The number of aliphatic hydroxyl groups is 1. The molecule has 0 spiro atoms. The van der Waals surface area contributed by atoms with Crippen molar-refractivity contribution in [2.24, 2.45) is 0 Å². The monoisotopic (exact) mass is 267 g/mol. The van der Waals surface area contributed by atoms with Crippen molar-refractivity contribution in [3.8, 4) is 6.01 Å². The SMILES string of the molecule is CCCOc1nc(NC)nc(N2CCCC(O)C2)n1. The van der Waals surface area contributed by atoms with Gasteiger partial charge in [-0.3, -0.25) is 0 Å². The molecule has 1 aliphatic heterocycles. The van der Waals surface area contributed by atoms with Crippen LogP contribution >= 0.6 is 0 Å². The topological polar surface area (TPSA) is 83.4 Å². The first kappa shape index (κ1) is 13.8. The summed E-state index contributed by atoms with van der Waals surface area (Å²) >= 11 is 0. The first-order chi connectivity index (χ1) is 9.22. The van der Waals surface area contributed by atoms with Gasteiger partial charge < -0.3 is 20.1 Å². The molecule has 0 saturated carbocycles. The summed E-state index contributed by atoms with van der Waals surface area (Å²) in [6.07, 6.45) is 2.36. The zero-order chi connectivity index (χ0) is 13.7. The van der Waals surface area contributed by atoms with Gasteiger partial charge in [0.15, 0.2) is 0 Å². The van der Waals surface area contributed by atoms with E-state index in [1.54, 1.807) is 7.05 Å². The van der Waals surface area contributed by atoms with Crippen molar-refractivity contribution in [2.75, 3.05) is 37.0 Å². The van der Waals surface area contributed by atoms with Crippen LogP contribution < -0.4 is 15.0 Å². The lowest BCUT2D eigenvalue weighted by molar-refractivity contribution is 0.153. The van der Waals surface area contributed by atoms with Crippen LogP contribution in [0.25, 0.3) is 0 Å². The third-order valence-electron chi connectivity index (χ3n) is 2.94. The lowest BCUT2D eigenvalue weighted by atomic mass is 10.1. The molecule has 0 aromatic carbocycles. The van der Waals surface area contributed by atoms with E-state index in [9.17, 15) is 5.11 Å². The highest BCUT2D eigenvalue weighted by Gasteiger charge is 2.21. The molecule has 1 aromatic rings. The van der Waals surface area contributed by atoms with Gasteiger partial charge in [-0.15, -0.1) is 0 Å². The van der Waals surface area contributed by atoms with Crippen LogP contribution in [0, 0.1) is 0 Å². The number of piperidine rings is 1. The van der Waals surface area contributed by atoms with E-state index in [1.165, 1.54) is 0 Å². The number of nitrogens with one attached hydrogen (secondary N) is 1. The second-order valence-electron chi connectivity index (χ2n) is 4.58. The molecular formula is C12H21N5O2. The van der Waals surface area contributed by atoms with Crippen molar-refractivity contribution >= 4 is 11.9 Å². The van der Waals surface area contributed by atoms with Gasteiger partial charge in [-0.25, -0.2) is 0 Å². The number of rotatable bonds is 5. The summed E-state index contributed by atoms with van der Waals surface area (Å²) in [6, 6.07) is 0.330. The van der Waals surface area contributed by atoms with E-state index in [1.807, 2.05) is 11.8 Å². The van der Waals surface area contributed by atoms with Gasteiger partial charge in [0.2, 0.25) is 11.9 Å². The molecule has 0 aliphatic carbocycles. The molecule has 106 valence electrons. The van der Waals surface area contributed by atoms with Crippen molar-refractivity contribution in [3.63, 3.8) is 0 Å². The van der Waals surface area contributed by atoms with Crippen molar-refractivity contribution in [1.82, 2.24) is 15.0 Å². The predicted molar refractivity (Wildman–Crippen MR) is 72.6 cm³/mol. The maximum absolute atomic E-state index is 9.72. The molecule has 19 heavy (non-hydrogen) atoms. The van der Waals surface area contributed by atoms with Gasteiger partial charge in [0, 0.05) is 20.1 Å². The van der Waals surface area contributed by atoms with Crippen LogP contribution in [-0.4, -0.2) is 52.9 Å². The minimum atomic E-state index is -0.316. The number of ether oxygens (including phenoxy) is 1. The lowest BCUT2D eigenvalue weighted by Crippen LogP contribution is -2.39. The number of anilines is 2. The van der Waals surface area contributed by atoms with Gasteiger partial charge in [0.05, 0.1) is 12.7 Å². The molecule has 0 amide bonds. The number of nitrogens with zero attached hydrogens (tertiary/aromatic N) is 4. The molecule has 0 radical (unpaired) electrons. The molecule has 1 atom stereocenters. The van der Waals surface area contributed by atoms with Crippen LogP contribution in [0.15, 0.2) is 0 Å². The Hall–Kier alpha value is -1.63. The summed E-state index contributed by atoms with van der Waals surface area (Å²) in [7, 11) is 1.76. The molecule has 2 N–H and O–H groups in total. The quantitative estimate of drug-likeness (QED) is 0.811. The molecule has 7 nitrogen and oxygen atoms in total. The fourth-order valence-corrected chi connectivity index (χ4v) is 1.99. The van der Waals surface area contributed by atoms with Crippen molar-refractivity contribution < 1.29 is 9.84 Å². The molecular weight excluding hydrogens is 246 g/mol. The van der Waals surface area contributed by atoms with E-state index in [4.69, 9.17) is 4.74 Å². The first-order valence-electron chi connectivity index (χ1n) is 6.72. The Labute approximate surface area is 113 Å². The van der Waals surface area contributed by atoms with Gasteiger partial charge in [0.1, 0.15) is 0 Å². The van der Waals surface area contributed by atoms with Gasteiger partial charge in [-0.2, -0.15) is 15.0 Å². The maximum atomic E-state index is 9.72. The summed E-state index contributed by atoms with van der Waals surface area (Å²) in [5.74, 6) is 1.04. The Balaban J connectivity index is 2.17. The second kappa shape index (κ2) is 6.51. The molecule has 1 unspecified atom stereocenters. The van der Waals surface area contributed by atoms with Crippen LogP contribution in [0.5, 0.6) is 6.01 Å². The Bertz CT molecular complexity index is 415. The van der Waals surface area contributed by atoms with Crippen LogP contribution in [0.2, 0.25) is 0 Å². The Morgan fingerprint density at radius 3 is 2.95 bits per heavy atom. The maximum Gasteiger partial charge on any atom is 0.323 e. The van der Waals surface area contributed by atoms with Gasteiger partial charge in [0.25, 0.3) is 0 Å². The number of hydrogen-bond acceptors (Lipinski definition) is 7. The lowest BCUT2D eigenvalue weighted by Gasteiger charge is -2.30. The van der Waals surface area contributed by atoms with Gasteiger partial charge in [-0.1, -0.05) is 6.92 Å². The average Bonchev–Trinajstić information content (AvgIpc) is 2.44. The minimum Gasteiger partial charge on any atom is -0.463 e. The summed E-state index contributed by atoms with van der Waals surface area (Å²) < 4.78 is 5.46. The van der Waals surface area contributed by atoms with E-state index in [2.05, 4.69) is 20.3 Å². The highest BCUT2D eigenvalue weighted by Crippen LogP contribution is 2.19. The van der Waals surface area contributed by atoms with E-state index in [0.29, 0.717) is 31.1 Å². The Morgan fingerprint density at radius 2 is 2.26 bits per heavy atom. The van der Waals surface area contributed by atoms with Gasteiger partial charge in [-0.05, 0) is 19.3 Å². The van der Waals surface area contributed by atoms with Crippen molar-refractivity contribution in [2.45, 2.75) is 32.3 Å². The van der Waals surface area contributed by atoms with Crippen LogP contribution in [0.4, 0.5) is 11.9 Å². The molecule has 1 fully saturated rings. The minimum absolute atomic E-state index is 0.316. The highest BCUT2D eigenvalue weighted by molar-refractivity contribution is 5.38. The summed E-state index contributed by atoms with van der Waals surface area (Å²) in [5.41, 5.74) is 0. The number of aromatic nitrogens is 3. The molecule has 1 saturated heterocycles. The second-order valence-corrected chi connectivity index (χ2v) is 4.58. The smallest absolute Gasteiger partial charge is 0.323 e. The molecule has 0 bridgehead atoms. The van der Waals surface area contributed by atoms with Crippen molar-refractivity contribution in [3.05, 3.63) is 0 Å². The van der Waals surface area contributed by atoms with Crippen LogP contribution in [-0.2, 0) is 0 Å². The molecule has 7 heteroatoms. The average molecular weight is 267 g/mol. The third kappa shape index (κ3) is 3.66. The third-order valence-corrected chi connectivity index (χ3v) is 2.94. The van der Waals surface area contributed by atoms with E-state index >= 15 is 0 Å². The zero-order valence-electron chi connectivity index (χ0n) is 11.5. The molecule has 1 aromatic heterocycles.